The lowest BCUT2D eigenvalue weighted by atomic mass is 10.00. The molecule has 0 fully saturated rings. The Morgan fingerprint density at radius 2 is 1.93 bits per heavy atom. The highest BCUT2D eigenvalue weighted by atomic mass is 16.5. The summed E-state index contributed by atoms with van der Waals surface area (Å²) in [7, 11) is 1.28. The molecule has 0 spiro atoms. The van der Waals surface area contributed by atoms with Gasteiger partial charge >= 0.3 is 12.0 Å². The van der Waals surface area contributed by atoms with Gasteiger partial charge in [-0.15, -0.1) is 0 Å². The number of nitrogens with zero attached hydrogens (tertiary/aromatic N) is 1. The molecule has 28 heavy (non-hydrogen) atoms. The van der Waals surface area contributed by atoms with Crippen molar-refractivity contribution in [3.63, 3.8) is 0 Å². The lowest BCUT2D eigenvalue weighted by molar-refractivity contribution is 0.0593. The smallest absolute Gasteiger partial charge is 0.354 e. The first kappa shape index (κ1) is 21.3. The summed E-state index contributed by atoms with van der Waals surface area (Å²) in [4.78, 5) is 42.2. The van der Waals surface area contributed by atoms with Crippen LogP contribution in [0.2, 0.25) is 0 Å². The number of carbonyl (C=O) groups excluding carboxylic acids is 3. The van der Waals surface area contributed by atoms with Crippen molar-refractivity contribution in [3.05, 3.63) is 46.7 Å². The Labute approximate surface area is 164 Å². The second-order valence-electron chi connectivity index (χ2n) is 6.97. The van der Waals surface area contributed by atoms with E-state index in [2.05, 4.69) is 10.3 Å². The fraction of sp³-hybridized carbons (Fsp3) is 0.450. The summed E-state index contributed by atoms with van der Waals surface area (Å²) >= 11 is 0. The second kappa shape index (κ2) is 8.77. The molecule has 0 bridgehead atoms. The summed E-state index contributed by atoms with van der Waals surface area (Å²) in [6.45, 7) is 8.89. The molecule has 2 aromatic heterocycles. The van der Waals surface area contributed by atoms with Gasteiger partial charge in [0.05, 0.1) is 26.0 Å². The molecule has 152 valence electrons. The molecular formula is C20H27N3O5. The van der Waals surface area contributed by atoms with Crippen molar-refractivity contribution in [2.24, 2.45) is 0 Å². The summed E-state index contributed by atoms with van der Waals surface area (Å²) in [5.41, 5.74) is 1.68. The number of ketones is 1. The number of furan rings is 1. The molecule has 1 atom stereocenters. The number of aromatic amines is 1. The van der Waals surface area contributed by atoms with Gasteiger partial charge in [0.2, 0.25) is 0 Å². The molecule has 0 saturated heterocycles. The van der Waals surface area contributed by atoms with E-state index in [4.69, 9.17) is 9.15 Å². The second-order valence-corrected chi connectivity index (χ2v) is 6.97. The van der Waals surface area contributed by atoms with Crippen LogP contribution in [0.3, 0.4) is 0 Å². The summed E-state index contributed by atoms with van der Waals surface area (Å²) in [6.07, 6.45) is 1.52. The highest BCUT2D eigenvalue weighted by molar-refractivity contribution is 6.06. The molecule has 2 rings (SSSR count). The number of hydrogen-bond donors (Lipinski definition) is 2. The number of hydrogen-bond acceptors (Lipinski definition) is 5. The number of aromatic nitrogens is 1. The van der Waals surface area contributed by atoms with Crippen LogP contribution in [0.1, 0.15) is 58.6 Å². The summed E-state index contributed by atoms with van der Waals surface area (Å²) in [5, 5.41) is 2.82. The van der Waals surface area contributed by atoms with Crippen molar-refractivity contribution in [1.29, 1.82) is 0 Å². The number of ether oxygens (including phenoxy) is 1. The Hall–Kier alpha value is -3.03. The van der Waals surface area contributed by atoms with Gasteiger partial charge in [0.1, 0.15) is 11.5 Å². The van der Waals surface area contributed by atoms with E-state index in [1.165, 1.54) is 18.3 Å². The molecular weight excluding hydrogens is 362 g/mol. The third-order valence-corrected chi connectivity index (χ3v) is 4.50. The average molecular weight is 389 g/mol. The van der Waals surface area contributed by atoms with E-state index in [0.29, 0.717) is 22.6 Å². The lowest BCUT2D eigenvalue weighted by Gasteiger charge is -2.29. The average Bonchev–Trinajstić information content (AvgIpc) is 3.25. The molecule has 0 aliphatic rings. The van der Waals surface area contributed by atoms with Crippen molar-refractivity contribution in [2.45, 2.75) is 53.2 Å². The number of carbonyl (C=O) groups is 3. The van der Waals surface area contributed by atoms with Crippen LogP contribution in [-0.4, -0.2) is 46.9 Å². The Balaban J connectivity index is 2.36. The maximum Gasteiger partial charge on any atom is 0.354 e. The van der Waals surface area contributed by atoms with Gasteiger partial charge in [-0.1, -0.05) is 0 Å². The third kappa shape index (κ3) is 4.44. The number of urea groups is 1. The molecule has 2 amide bonds. The minimum Gasteiger partial charge on any atom is -0.467 e. The number of rotatable bonds is 7. The van der Waals surface area contributed by atoms with Gasteiger partial charge < -0.3 is 24.4 Å². The highest BCUT2D eigenvalue weighted by Gasteiger charge is 2.32. The first-order valence-electron chi connectivity index (χ1n) is 9.08. The third-order valence-electron chi connectivity index (χ3n) is 4.50. The number of aryl methyl sites for hydroxylation is 1. The first-order valence-corrected chi connectivity index (χ1v) is 9.08. The maximum atomic E-state index is 13.2. The van der Waals surface area contributed by atoms with E-state index in [9.17, 15) is 14.4 Å². The summed E-state index contributed by atoms with van der Waals surface area (Å²) < 4.78 is 10.1. The zero-order chi connectivity index (χ0) is 21.0. The molecule has 0 radical (unpaired) electrons. The van der Waals surface area contributed by atoms with E-state index >= 15 is 0 Å². The lowest BCUT2D eigenvalue weighted by Crippen LogP contribution is -2.49. The van der Waals surface area contributed by atoms with Crippen LogP contribution < -0.4 is 5.32 Å². The van der Waals surface area contributed by atoms with Gasteiger partial charge in [-0.2, -0.15) is 0 Å². The zero-order valence-electron chi connectivity index (χ0n) is 17.1. The molecule has 2 N–H and O–H groups in total. The van der Waals surface area contributed by atoms with Gasteiger partial charge in [-0.3, -0.25) is 4.79 Å². The summed E-state index contributed by atoms with van der Waals surface area (Å²) in [5.74, 6) is -0.250. The molecule has 8 heteroatoms. The number of esters is 1. The van der Waals surface area contributed by atoms with E-state index in [0.717, 1.165) is 0 Å². The standard InChI is InChI=1S/C20H27N3O5/c1-11(2)21-20(26)23(10-15-8-7-9-28-15)14(5)18(24)16-12(3)17(19(25)27-6)22-13(16)4/h7-9,11,14,22H,10H2,1-6H3,(H,21,26). The Morgan fingerprint density at radius 3 is 2.46 bits per heavy atom. The first-order chi connectivity index (χ1) is 13.2. The number of Topliss-reactive ketones (excluding diaryl/α,β-unsaturated/α-hetero) is 1. The van der Waals surface area contributed by atoms with Crippen LogP contribution in [0, 0.1) is 13.8 Å². The quantitative estimate of drug-likeness (QED) is 0.559. The monoisotopic (exact) mass is 389 g/mol. The molecule has 0 saturated carbocycles. The van der Waals surface area contributed by atoms with Gasteiger partial charge in [0.15, 0.2) is 5.78 Å². The van der Waals surface area contributed by atoms with Crippen LogP contribution in [0.25, 0.3) is 0 Å². The largest absolute Gasteiger partial charge is 0.467 e. The molecule has 0 aromatic carbocycles. The van der Waals surface area contributed by atoms with Crippen LogP contribution in [0.4, 0.5) is 4.79 Å². The number of methoxy groups -OCH3 is 1. The minimum atomic E-state index is -0.775. The fourth-order valence-corrected chi connectivity index (χ4v) is 3.06. The Bertz CT molecular complexity index is 852. The molecule has 0 aliphatic heterocycles. The normalized spacial score (nSPS) is 12.0. The van der Waals surface area contributed by atoms with Crippen LogP contribution in [-0.2, 0) is 11.3 Å². The molecule has 2 heterocycles. The van der Waals surface area contributed by atoms with E-state index < -0.39 is 12.0 Å². The van der Waals surface area contributed by atoms with Crippen LogP contribution >= 0.6 is 0 Å². The SMILES string of the molecule is COC(=O)c1[nH]c(C)c(C(=O)C(C)N(Cc2ccco2)C(=O)NC(C)C)c1C. The van der Waals surface area contributed by atoms with E-state index in [1.807, 2.05) is 13.8 Å². The molecule has 8 nitrogen and oxygen atoms in total. The Morgan fingerprint density at radius 1 is 1.25 bits per heavy atom. The number of H-pyrrole nitrogens is 1. The van der Waals surface area contributed by atoms with Crippen LogP contribution in [0.15, 0.2) is 22.8 Å². The predicted molar refractivity (Wildman–Crippen MR) is 103 cm³/mol. The molecule has 0 aliphatic carbocycles. The van der Waals surface area contributed by atoms with Gasteiger partial charge in [0.25, 0.3) is 0 Å². The van der Waals surface area contributed by atoms with Crippen molar-refractivity contribution in [3.8, 4) is 0 Å². The van der Waals surface area contributed by atoms with Crippen molar-refractivity contribution < 1.29 is 23.5 Å². The van der Waals surface area contributed by atoms with Gasteiger partial charge in [0, 0.05) is 17.3 Å². The fourth-order valence-electron chi connectivity index (χ4n) is 3.06. The van der Waals surface area contributed by atoms with Gasteiger partial charge in [-0.25, -0.2) is 9.59 Å². The maximum absolute atomic E-state index is 13.2. The predicted octanol–water partition coefficient (Wildman–Crippen LogP) is 3.20. The molecule has 2 aromatic rings. The minimum absolute atomic E-state index is 0.0874. The highest BCUT2D eigenvalue weighted by Crippen LogP contribution is 2.23. The van der Waals surface area contributed by atoms with Gasteiger partial charge in [-0.05, 0) is 52.3 Å². The zero-order valence-corrected chi connectivity index (χ0v) is 17.1. The number of amides is 2. The number of nitrogens with one attached hydrogen (secondary N) is 2. The van der Waals surface area contributed by atoms with E-state index in [-0.39, 0.29) is 30.1 Å². The van der Waals surface area contributed by atoms with Crippen LogP contribution in [0.5, 0.6) is 0 Å². The Kier molecular flexibility index (Phi) is 6.66. The van der Waals surface area contributed by atoms with Crippen molar-refractivity contribution >= 4 is 17.8 Å². The topological polar surface area (TPSA) is 105 Å². The van der Waals surface area contributed by atoms with Crippen molar-refractivity contribution in [1.82, 2.24) is 15.2 Å². The molecule has 1 unspecified atom stereocenters. The van der Waals surface area contributed by atoms with Crippen molar-refractivity contribution in [2.75, 3.05) is 7.11 Å². The summed E-state index contributed by atoms with van der Waals surface area (Å²) in [6, 6.07) is 2.24. The van der Waals surface area contributed by atoms with E-state index in [1.54, 1.807) is 32.9 Å².